The van der Waals surface area contributed by atoms with Crippen molar-refractivity contribution in [2.45, 2.75) is 32.0 Å². The molecule has 0 atom stereocenters. The second-order valence-corrected chi connectivity index (χ2v) is 3.34. The number of rotatable bonds is 3. The van der Waals surface area contributed by atoms with Gasteiger partial charge in [-0.15, -0.1) is 0 Å². The largest absolute Gasteiger partial charge is 0.264 e. The summed E-state index contributed by atoms with van der Waals surface area (Å²) in [5.74, 6) is 0. The Balaban J connectivity index is 3.13. The number of alkyl halides is 1. The van der Waals surface area contributed by atoms with Gasteiger partial charge in [0.05, 0.1) is 0 Å². The summed E-state index contributed by atoms with van der Waals surface area (Å²) in [5, 5.41) is 0.946. The Morgan fingerprint density at radius 3 is 2.00 bits per heavy atom. The molecule has 0 bridgehead atoms. The van der Waals surface area contributed by atoms with Crippen molar-refractivity contribution in [2.24, 2.45) is 0 Å². The molecule has 0 spiro atoms. The highest BCUT2D eigenvalue weighted by Crippen LogP contribution is 2.17. The summed E-state index contributed by atoms with van der Waals surface area (Å²) in [5.41, 5.74) is 4.16. The number of hydrogen-bond acceptors (Lipinski definition) is 1. The number of pyridine rings is 1. The third kappa shape index (κ3) is 1.86. The van der Waals surface area contributed by atoms with Crippen molar-refractivity contribution >= 4 is 15.9 Å². The third-order valence-corrected chi connectivity index (χ3v) is 2.69. The molecule has 0 aromatic carbocycles. The molecule has 1 aromatic heterocycles. The van der Waals surface area contributed by atoms with Crippen LogP contribution in [0.5, 0.6) is 0 Å². The van der Waals surface area contributed by atoms with Gasteiger partial charge in [0.15, 0.2) is 0 Å². The average Bonchev–Trinajstić information content (AvgIpc) is 2.16. The molecule has 0 fully saturated rings. The van der Waals surface area contributed by atoms with E-state index in [-0.39, 0.29) is 0 Å². The van der Waals surface area contributed by atoms with Crippen molar-refractivity contribution in [3.8, 4) is 0 Å². The maximum atomic E-state index is 4.21. The van der Waals surface area contributed by atoms with Crippen LogP contribution in [0.2, 0.25) is 0 Å². The van der Waals surface area contributed by atoms with Gasteiger partial charge in [0, 0.05) is 17.7 Å². The molecule has 0 aliphatic rings. The van der Waals surface area contributed by atoms with Gasteiger partial charge in [0.1, 0.15) is 0 Å². The molecule has 0 radical (unpaired) electrons. The van der Waals surface area contributed by atoms with Crippen LogP contribution in [0, 0.1) is 0 Å². The summed E-state index contributed by atoms with van der Waals surface area (Å²) in [6.07, 6.45) is 6.08. The monoisotopic (exact) mass is 227 g/mol. The van der Waals surface area contributed by atoms with E-state index in [0.29, 0.717) is 0 Å². The van der Waals surface area contributed by atoms with E-state index in [2.05, 4.69) is 34.8 Å². The predicted molar refractivity (Wildman–Crippen MR) is 55.6 cm³/mol. The first kappa shape index (κ1) is 9.72. The van der Waals surface area contributed by atoms with E-state index in [0.717, 1.165) is 18.2 Å². The van der Waals surface area contributed by atoms with Crippen LogP contribution in [0.4, 0.5) is 0 Å². The molecular formula is C10H14BrN. The lowest BCUT2D eigenvalue weighted by Crippen LogP contribution is -1.97. The lowest BCUT2D eigenvalue weighted by atomic mass is 10.0. The first-order valence-corrected chi connectivity index (χ1v) is 5.46. The predicted octanol–water partition coefficient (Wildman–Crippen LogP) is 3.10. The summed E-state index contributed by atoms with van der Waals surface area (Å²) in [7, 11) is 0. The molecule has 0 N–H and O–H groups in total. The Bertz CT molecular complexity index is 236. The van der Waals surface area contributed by atoms with Crippen molar-refractivity contribution in [1.82, 2.24) is 4.98 Å². The quantitative estimate of drug-likeness (QED) is 0.724. The standard InChI is InChI=1S/C10H14BrN/c1-3-8-6-12-7-9(4-2)10(8)5-11/h6-7H,3-5H2,1-2H3. The van der Waals surface area contributed by atoms with Crippen molar-refractivity contribution in [3.05, 3.63) is 29.1 Å². The Morgan fingerprint density at radius 2 is 1.67 bits per heavy atom. The van der Waals surface area contributed by atoms with E-state index in [9.17, 15) is 0 Å². The molecule has 12 heavy (non-hydrogen) atoms. The van der Waals surface area contributed by atoms with Crippen LogP contribution in [0.1, 0.15) is 30.5 Å². The van der Waals surface area contributed by atoms with Crippen LogP contribution in [-0.4, -0.2) is 4.98 Å². The van der Waals surface area contributed by atoms with E-state index >= 15 is 0 Å². The van der Waals surface area contributed by atoms with Crippen LogP contribution in [0.15, 0.2) is 12.4 Å². The van der Waals surface area contributed by atoms with Gasteiger partial charge in [-0.3, -0.25) is 4.98 Å². The highest BCUT2D eigenvalue weighted by molar-refractivity contribution is 9.08. The number of aryl methyl sites for hydroxylation is 2. The van der Waals surface area contributed by atoms with Crippen molar-refractivity contribution in [2.75, 3.05) is 0 Å². The number of halogens is 1. The van der Waals surface area contributed by atoms with Crippen LogP contribution in [0.3, 0.4) is 0 Å². The molecule has 0 saturated heterocycles. The Labute approximate surface area is 82.3 Å². The minimum Gasteiger partial charge on any atom is -0.264 e. The molecule has 1 heterocycles. The zero-order chi connectivity index (χ0) is 8.97. The molecule has 0 amide bonds. The number of hydrogen-bond donors (Lipinski definition) is 0. The fourth-order valence-electron chi connectivity index (χ4n) is 1.36. The summed E-state index contributed by atoms with van der Waals surface area (Å²) >= 11 is 3.51. The molecule has 1 aromatic rings. The first-order chi connectivity index (χ1) is 5.83. The molecular weight excluding hydrogens is 214 g/mol. The Kier molecular flexibility index (Phi) is 3.73. The van der Waals surface area contributed by atoms with Crippen LogP contribution >= 0.6 is 15.9 Å². The topological polar surface area (TPSA) is 12.9 Å². The van der Waals surface area contributed by atoms with Gasteiger partial charge >= 0.3 is 0 Å². The molecule has 0 saturated carbocycles. The SMILES string of the molecule is CCc1cncc(CC)c1CBr. The second-order valence-electron chi connectivity index (χ2n) is 2.78. The Morgan fingerprint density at radius 1 is 1.17 bits per heavy atom. The lowest BCUT2D eigenvalue weighted by Gasteiger charge is -2.08. The number of aromatic nitrogens is 1. The van der Waals surface area contributed by atoms with Gasteiger partial charge in [0.25, 0.3) is 0 Å². The van der Waals surface area contributed by atoms with Gasteiger partial charge in [-0.05, 0) is 29.5 Å². The summed E-state index contributed by atoms with van der Waals surface area (Å²) < 4.78 is 0. The summed E-state index contributed by atoms with van der Waals surface area (Å²) in [6, 6.07) is 0. The zero-order valence-corrected chi connectivity index (χ0v) is 9.19. The van der Waals surface area contributed by atoms with Crippen LogP contribution in [0.25, 0.3) is 0 Å². The van der Waals surface area contributed by atoms with Crippen molar-refractivity contribution in [1.29, 1.82) is 0 Å². The highest BCUT2D eigenvalue weighted by Gasteiger charge is 2.04. The minimum absolute atomic E-state index is 0.946. The van der Waals surface area contributed by atoms with Crippen molar-refractivity contribution in [3.63, 3.8) is 0 Å². The Hall–Kier alpha value is -0.370. The van der Waals surface area contributed by atoms with E-state index in [1.165, 1.54) is 16.7 Å². The summed E-state index contributed by atoms with van der Waals surface area (Å²) in [6.45, 7) is 4.34. The molecule has 0 unspecified atom stereocenters. The highest BCUT2D eigenvalue weighted by atomic mass is 79.9. The molecule has 66 valence electrons. The normalized spacial score (nSPS) is 10.2. The van der Waals surface area contributed by atoms with Gasteiger partial charge in [-0.25, -0.2) is 0 Å². The van der Waals surface area contributed by atoms with Crippen molar-refractivity contribution < 1.29 is 0 Å². The second kappa shape index (κ2) is 4.61. The first-order valence-electron chi connectivity index (χ1n) is 4.34. The molecule has 0 aliphatic carbocycles. The molecule has 2 heteroatoms. The maximum Gasteiger partial charge on any atom is 0.0303 e. The zero-order valence-electron chi connectivity index (χ0n) is 7.60. The fourth-order valence-corrected chi connectivity index (χ4v) is 2.08. The number of nitrogens with zero attached hydrogens (tertiary/aromatic N) is 1. The van der Waals surface area contributed by atoms with Gasteiger partial charge < -0.3 is 0 Å². The van der Waals surface area contributed by atoms with E-state index in [4.69, 9.17) is 0 Å². The van der Waals surface area contributed by atoms with Crippen LogP contribution < -0.4 is 0 Å². The molecule has 1 nitrogen and oxygen atoms in total. The minimum atomic E-state index is 0.946. The van der Waals surface area contributed by atoms with Crippen LogP contribution in [-0.2, 0) is 18.2 Å². The lowest BCUT2D eigenvalue weighted by molar-refractivity contribution is 1.00. The van der Waals surface area contributed by atoms with Gasteiger partial charge in [-0.1, -0.05) is 29.8 Å². The summed E-state index contributed by atoms with van der Waals surface area (Å²) in [4.78, 5) is 4.21. The fraction of sp³-hybridized carbons (Fsp3) is 0.500. The third-order valence-electron chi connectivity index (χ3n) is 2.13. The van der Waals surface area contributed by atoms with Gasteiger partial charge in [-0.2, -0.15) is 0 Å². The maximum absolute atomic E-state index is 4.21. The van der Waals surface area contributed by atoms with Gasteiger partial charge in [0.2, 0.25) is 0 Å². The average molecular weight is 228 g/mol. The van der Waals surface area contributed by atoms with E-state index in [1.807, 2.05) is 12.4 Å². The van der Waals surface area contributed by atoms with E-state index < -0.39 is 0 Å². The molecule has 1 rings (SSSR count). The van der Waals surface area contributed by atoms with E-state index in [1.54, 1.807) is 0 Å². The molecule has 0 aliphatic heterocycles. The smallest absolute Gasteiger partial charge is 0.0303 e.